The average Bonchev–Trinajstić information content (AvgIpc) is 2.63. The van der Waals surface area contributed by atoms with Gasteiger partial charge in [-0.1, -0.05) is 24.3 Å². The van der Waals surface area contributed by atoms with Crippen LogP contribution in [0.5, 0.6) is 0 Å². The van der Waals surface area contributed by atoms with Gasteiger partial charge in [-0.05, 0) is 16.8 Å². The number of hydrogen-bond donors (Lipinski definition) is 1. The third-order valence-corrected chi connectivity index (χ3v) is 3.03. The third kappa shape index (κ3) is 1.39. The lowest BCUT2D eigenvalue weighted by molar-refractivity contribution is 0.231. The zero-order chi connectivity index (χ0) is 9.26. The summed E-state index contributed by atoms with van der Waals surface area (Å²) in [7, 11) is 0. The molecule has 2 rings (SSSR count). The van der Waals surface area contributed by atoms with E-state index >= 15 is 0 Å². The molecule has 1 unspecified atom stereocenters. The van der Waals surface area contributed by atoms with Crippen molar-refractivity contribution in [3.8, 4) is 0 Å². The van der Waals surface area contributed by atoms with E-state index in [1.165, 1.54) is 5.39 Å². The summed E-state index contributed by atoms with van der Waals surface area (Å²) in [5.41, 5.74) is 0.947. The van der Waals surface area contributed by atoms with E-state index < -0.39 is 6.10 Å². The van der Waals surface area contributed by atoms with Crippen molar-refractivity contribution < 1.29 is 5.11 Å². The van der Waals surface area contributed by atoms with Gasteiger partial charge in [0.2, 0.25) is 0 Å². The number of aliphatic hydroxyl groups excluding tert-OH is 1. The van der Waals surface area contributed by atoms with E-state index in [1.807, 2.05) is 23.6 Å². The molecule has 0 bridgehead atoms. The Kier molecular flexibility index (Phi) is 2.17. The fraction of sp³-hybridized carbons (Fsp3) is 0.0909. The molecule has 0 radical (unpaired) electrons. The number of rotatable bonds is 2. The summed E-state index contributed by atoms with van der Waals surface area (Å²) in [5, 5.41) is 12.8. The van der Waals surface area contributed by atoms with E-state index in [0.717, 1.165) is 10.3 Å². The van der Waals surface area contributed by atoms with Gasteiger partial charge in [0.15, 0.2) is 0 Å². The second-order valence-corrected chi connectivity index (χ2v) is 3.78. The molecule has 1 atom stereocenters. The van der Waals surface area contributed by atoms with Crippen molar-refractivity contribution in [2.75, 3.05) is 0 Å². The molecule has 1 aromatic carbocycles. The summed E-state index contributed by atoms with van der Waals surface area (Å²) in [6.45, 7) is 3.58. The lowest BCUT2D eigenvalue weighted by Crippen LogP contribution is -1.91. The van der Waals surface area contributed by atoms with Crippen LogP contribution in [0.1, 0.15) is 11.7 Å². The quantitative estimate of drug-likeness (QED) is 0.721. The van der Waals surface area contributed by atoms with E-state index in [1.54, 1.807) is 17.4 Å². The second-order valence-electron chi connectivity index (χ2n) is 2.87. The van der Waals surface area contributed by atoms with Crippen LogP contribution >= 0.6 is 11.3 Å². The maximum Gasteiger partial charge on any atom is 0.0983 e. The van der Waals surface area contributed by atoms with Crippen molar-refractivity contribution >= 4 is 21.4 Å². The van der Waals surface area contributed by atoms with E-state index in [2.05, 4.69) is 12.6 Å². The molecule has 13 heavy (non-hydrogen) atoms. The molecular weight excluding hydrogens is 180 g/mol. The van der Waals surface area contributed by atoms with Gasteiger partial charge in [-0.15, -0.1) is 17.9 Å². The highest BCUT2D eigenvalue weighted by Crippen LogP contribution is 2.29. The van der Waals surface area contributed by atoms with E-state index in [-0.39, 0.29) is 0 Å². The Labute approximate surface area is 81.0 Å². The monoisotopic (exact) mass is 190 g/mol. The molecule has 0 spiro atoms. The molecule has 1 aromatic heterocycles. The Balaban J connectivity index is 2.67. The van der Waals surface area contributed by atoms with E-state index in [4.69, 9.17) is 0 Å². The molecule has 2 aromatic rings. The van der Waals surface area contributed by atoms with Gasteiger partial charge in [0.1, 0.15) is 0 Å². The number of thiophene rings is 1. The number of fused-ring (bicyclic) bond motifs is 1. The van der Waals surface area contributed by atoms with Gasteiger partial charge in [0, 0.05) is 10.3 Å². The first-order valence-corrected chi connectivity index (χ1v) is 4.97. The van der Waals surface area contributed by atoms with Crippen LogP contribution in [-0.4, -0.2) is 5.11 Å². The fourth-order valence-electron chi connectivity index (χ4n) is 1.38. The second kappa shape index (κ2) is 3.32. The Morgan fingerprint density at radius 1 is 1.38 bits per heavy atom. The molecule has 0 saturated heterocycles. The molecule has 0 fully saturated rings. The smallest absolute Gasteiger partial charge is 0.0983 e. The maximum absolute atomic E-state index is 9.63. The highest BCUT2D eigenvalue weighted by atomic mass is 32.1. The Hall–Kier alpha value is -1.12. The SMILES string of the molecule is C=CC(O)c1cccc2ccsc12. The molecule has 0 aliphatic rings. The lowest BCUT2D eigenvalue weighted by atomic mass is 10.1. The van der Waals surface area contributed by atoms with Gasteiger partial charge in [-0.25, -0.2) is 0 Å². The molecule has 66 valence electrons. The highest BCUT2D eigenvalue weighted by Gasteiger charge is 2.07. The predicted octanol–water partition coefficient (Wildman–Crippen LogP) is 3.12. The summed E-state index contributed by atoms with van der Waals surface area (Å²) < 4.78 is 1.15. The molecule has 0 amide bonds. The number of hydrogen-bond acceptors (Lipinski definition) is 2. The summed E-state index contributed by atoms with van der Waals surface area (Å²) in [6.07, 6.45) is 0.997. The first kappa shape index (κ1) is 8.48. The van der Waals surface area contributed by atoms with Gasteiger partial charge < -0.3 is 5.11 Å². The van der Waals surface area contributed by atoms with Crippen molar-refractivity contribution in [1.29, 1.82) is 0 Å². The fourth-order valence-corrected chi connectivity index (χ4v) is 2.32. The Morgan fingerprint density at radius 2 is 2.23 bits per heavy atom. The zero-order valence-electron chi connectivity index (χ0n) is 7.10. The zero-order valence-corrected chi connectivity index (χ0v) is 7.92. The van der Waals surface area contributed by atoms with Crippen LogP contribution in [0.25, 0.3) is 10.1 Å². The van der Waals surface area contributed by atoms with E-state index in [9.17, 15) is 5.11 Å². The van der Waals surface area contributed by atoms with Crippen LogP contribution in [-0.2, 0) is 0 Å². The Morgan fingerprint density at radius 3 is 3.00 bits per heavy atom. The summed E-state index contributed by atoms with van der Waals surface area (Å²) in [6, 6.07) is 7.99. The number of aliphatic hydroxyl groups is 1. The van der Waals surface area contributed by atoms with Crippen LogP contribution in [0.4, 0.5) is 0 Å². The number of benzene rings is 1. The minimum atomic E-state index is -0.553. The van der Waals surface area contributed by atoms with Crippen molar-refractivity contribution in [2.45, 2.75) is 6.10 Å². The van der Waals surface area contributed by atoms with Gasteiger partial charge in [-0.2, -0.15) is 0 Å². The van der Waals surface area contributed by atoms with Crippen LogP contribution in [0.2, 0.25) is 0 Å². The summed E-state index contributed by atoms with van der Waals surface area (Å²) in [5.74, 6) is 0. The molecule has 1 nitrogen and oxygen atoms in total. The highest BCUT2D eigenvalue weighted by molar-refractivity contribution is 7.17. The lowest BCUT2D eigenvalue weighted by Gasteiger charge is -2.05. The minimum absolute atomic E-state index is 0.553. The van der Waals surface area contributed by atoms with Crippen LogP contribution in [0.15, 0.2) is 42.3 Å². The van der Waals surface area contributed by atoms with Gasteiger partial charge >= 0.3 is 0 Å². The van der Waals surface area contributed by atoms with Crippen LogP contribution < -0.4 is 0 Å². The first-order valence-electron chi connectivity index (χ1n) is 4.09. The maximum atomic E-state index is 9.63. The van der Waals surface area contributed by atoms with E-state index in [0.29, 0.717) is 0 Å². The molecular formula is C11H10OS. The van der Waals surface area contributed by atoms with Gasteiger partial charge in [0.25, 0.3) is 0 Å². The van der Waals surface area contributed by atoms with Gasteiger partial charge in [0.05, 0.1) is 6.10 Å². The van der Waals surface area contributed by atoms with Crippen molar-refractivity contribution in [2.24, 2.45) is 0 Å². The van der Waals surface area contributed by atoms with Crippen LogP contribution in [0, 0.1) is 0 Å². The minimum Gasteiger partial charge on any atom is -0.384 e. The molecule has 0 aliphatic carbocycles. The van der Waals surface area contributed by atoms with Crippen molar-refractivity contribution in [3.05, 3.63) is 47.9 Å². The molecule has 0 aliphatic heterocycles. The normalized spacial score (nSPS) is 13.0. The Bertz CT molecular complexity index is 430. The molecule has 2 heteroatoms. The van der Waals surface area contributed by atoms with Crippen molar-refractivity contribution in [3.63, 3.8) is 0 Å². The largest absolute Gasteiger partial charge is 0.384 e. The summed E-state index contributed by atoms with van der Waals surface area (Å²) >= 11 is 1.65. The molecule has 0 saturated carbocycles. The third-order valence-electron chi connectivity index (χ3n) is 2.05. The van der Waals surface area contributed by atoms with Crippen molar-refractivity contribution in [1.82, 2.24) is 0 Å². The first-order chi connectivity index (χ1) is 6.33. The molecule has 1 N–H and O–H groups in total. The topological polar surface area (TPSA) is 20.2 Å². The van der Waals surface area contributed by atoms with Crippen LogP contribution in [0.3, 0.4) is 0 Å². The molecule has 1 heterocycles. The standard InChI is InChI=1S/C11H10OS/c1-2-10(12)9-5-3-4-8-6-7-13-11(8)9/h2-7,10,12H,1H2. The van der Waals surface area contributed by atoms with Gasteiger partial charge in [-0.3, -0.25) is 0 Å². The summed E-state index contributed by atoms with van der Waals surface area (Å²) in [4.78, 5) is 0. The predicted molar refractivity (Wildman–Crippen MR) is 57.0 cm³/mol. The average molecular weight is 190 g/mol.